The molecule has 11 heavy (non-hydrogen) atoms. The van der Waals surface area contributed by atoms with Gasteiger partial charge >= 0.3 is 0 Å². The molecule has 0 amide bonds. The third-order valence-electron chi connectivity index (χ3n) is 2.78. The topological polar surface area (TPSA) is 20.2 Å². The number of hydrogen-bond acceptors (Lipinski definition) is 1. The normalized spacial score (nSPS) is 37.2. The second kappa shape index (κ2) is 2.82. The Balaban J connectivity index is 2.85. The van der Waals surface area contributed by atoms with Gasteiger partial charge in [-0.15, -0.1) is 0 Å². The minimum Gasteiger partial charge on any atom is -0.388 e. The van der Waals surface area contributed by atoms with E-state index in [9.17, 15) is 5.11 Å². The van der Waals surface area contributed by atoms with E-state index in [-0.39, 0.29) is 11.5 Å². The highest BCUT2D eigenvalue weighted by Gasteiger charge is 2.33. The molecule has 0 radical (unpaired) electrons. The molecule has 0 aromatic carbocycles. The first-order valence-electron chi connectivity index (χ1n) is 4.08. The van der Waals surface area contributed by atoms with Crippen molar-refractivity contribution in [2.24, 2.45) is 5.41 Å². The summed E-state index contributed by atoms with van der Waals surface area (Å²) >= 11 is 0. The first-order valence-corrected chi connectivity index (χ1v) is 4.08. The predicted octanol–water partition coefficient (Wildman–Crippen LogP) is 2.28. The van der Waals surface area contributed by atoms with Gasteiger partial charge in [-0.1, -0.05) is 31.2 Å². The Morgan fingerprint density at radius 3 is 2.73 bits per heavy atom. The van der Waals surface area contributed by atoms with Crippen LogP contribution in [0.15, 0.2) is 24.3 Å². The molecule has 0 saturated carbocycles. The summed E-state index contributed by atoms with van der Waals surface area (Å²) in [7, 11) is 0. The summed E-state index contributed by atoms with van der Waals surface area (Å²) in [6, 6.07) is 0. The average Bonchev–Trinajstić information content (AvgIpc) is 1.95. The van der Waals surface area contributed by atoms with Gasteiger partial charge in [-0.25, -0.2) is 0 Å². The van der Waals surface area contributed by atoms with Gasteiger partial charge in [0.1, 0.15) is 0 Å². The van der Waals surface area contributed by atoms with E-state index in [2.05, 4.69) is 13.5 Å². The van der Waals surface area contributed by atoms with E-state index in [1.54, 1.807) is 0 Å². The molecule has 0 aromatic rings. The highest BCUT2D eigenvalue weighted by Crippen LogP contribution is 2.38. The lowest BCUT2D eigenvalue weighted by Crippen LogP contribution is -2.33. The maximum Gasteiger partial charge on any atom is 0.0811 e. The SMILES string of the molecule is C=C(C)[C@@]1(C)CCC=C[C@@H]1O. The van der Waals surface area contributed by atoms with Gasteiger partial charge in [-0.3, -0.25) is 0 Å². The number of allylic oxidation sites excluding steroid dienone is 1. The van der Waals surface area contributed by atoms with Crippen LogP contribution in [0.2, 0.25) is 0 Å². The summed E-state index contributed by atoms with van der Waals surface area (Å²) in [4.78, 5) is 0. The molecule has 2 atom stereocenters. The molecule has 1 aliphatic rings. The maximum atomic E-state index is 9.65. The number of aliphatic hydroxyl groups is 1. The maximum absolute atomic E-state index is 9.65. The molecule has 1 aliphatic carbocycles. The van der Waals surface area contributed by atoms with Crippen LogP contribution in [0, 0.1) is 5.41 Å². The monoisotopic (exact) mass is 152 g/mol. The Kier molecular flexibility index (Phi) is 2.19. The van der Waals surface area contributed by atoms with Gasteiger partial charge in [-0.05, 0) is 19.8 Å². The second-order valence-corrected chi connectivity index (χ2v) is 3.61. The highest BCUT2D eigenvalue weighted by molar-refractivity contribution is 5.16. The summed E-state index contributed by atoms with van der Waals surface area (Å²) in [5.41, 5.74) is 0.990. The number of rotatable bonds is 1. The van der Waals surface area contributed by atoms with Gasteiger partial charge in [0.2, 0.25) is 0 Å². The van der Waals surface area contributed by atoms with Crippen molar-refractivity contribution in [3.05, 3.63) is 24.3 Å². The van der Waals surface area contributed by atoms with Gasteiger partial charge in [0.25, 0.3) is 0 Å². The summed E-state index contributed by atoms with van der Waals surface area (Å²) in [5, 5.41) is 9.65. The summed E-state index contributed by atoms with van der Waals surface area (Å²) < 4.78 is 0. The zero-order valence-electron chi connectivity index (χ0n) is 7.30. The summed E-state index contributed by atoms with van der Waals surface area (Å²) in [5.74, 6) is 0. The number of hydrogen-bond donors (Lipinski definition) is 1. The molecule has 0 aromatic heterocycles. The van der Waals surface area contributed by atoms with E-state index >= 15 is 0 Å². The van der Waals surface area contributed by atoms with Crippen LogP contribution in [0.3, 0.4) is 0 Å². The van der Waals surface area contributed by atoms with E-state index in [1.165, 1.54) is 0 Å². The standard InChI is InChI=1S/C10H16O/c1-8(2)10(3)7-5-4-6-9(10)11/h4,6,9,11H,1,5,7H2,2-3H3/t9-,10+/m0/s1. The molecule has 0 bridgehead atoms. The zero-order chi connectivity index (χ0) is 8.48. The Bertz CT molecular complexity index is 193. The Morgan fingerprint density at radius 2 is 2.36 bits per heavy atom. The van der Waals surface area contributed by atoms with Crippen LogP contribution >= 0.6 is 0 Å². The third-order valence-corrected chi connectivity index (χ3v) is 2.78. The van der Waals surface area contributed by atoms with Crippen molar-refractivity contribution in [3.8, 4) is 0 Å². The zero-order valence-corrected chi connectivity index (χ0v) is 7.30. The fourth-order valence-electron chi connectivity index (χ4n) is 1.43. The van der Waals surface area contributed by atoms with Crippen LogP contribution in [0.5, 0.6) is 0 Å². The van der Waals surface area contributed by atoms with E-state index in [4.69, 9.17) is 0 Å². The molecular weight excluding hydrogens is 136 g/mol. The minimum atomic E-state index is -0.339. The lowest BCUT2D eigenvalue weighted by molar-refractivity contribution is 0.0912. The van der Waals surface area contributed by atoms with Crippen LogP contribution in [-0.4, -0.2) is 11.2 Å². The average molecular weight is 152 g/mol. The molecule has 0 heterocycles. The molecule has 1 rings (SSSR count). The van der Waals surface area contributed by atoms with Crippen molar-refractivity contribution < 1.29 is 5.11 Å². The van der Waals surface area contributed by atoms with Gasteiger partial charge in [0, 0.05) is 5.41 Å². The van der Waals surface area contributed by atoms with Crippen molar-refractivity contribution in [3.63, 3.8) is 0 Å². The lowest BCUT2D eigenvalue weighted by Gasteiger charge is -2.36. The van der Waals surface area contributed by atoms with E-state index < -0.39 is 0 Å². The second-order valence-electron chi connectivity index (χ2n) is 3.61. The Hall–Kier alpha value is -0.560. The predicted molar refractivity (Wildman–Crippen MR) is 47.3 cm³/mol. The van der Waals surface area contributed by atoms with Crippen LogP contribution in [0.25, 0.3) is 0 Å². The molecule has 62 valence electrons. The molecular formula is C10H16O. The number of aliphatic hydroxyl groups excluding tert-OH is 1. The summed E-state index contributed by atoms with van der Waals surface area (Å²) in [6.45, 7) is 7.97. The molecule has 0 aliphatic heterocycles. The molecule has 0 fully saturated rings. The minimum absolute atomic E-state index is 0.0885. The van der Waals surface area contributed by atoms with Crippen molar-refractivity contribution in [2.75, 3.05) is 0 Å². The van der Waals surface area contributed by atoms with Crippen LogP contribution < -0.4 is 0 Å². The van der Waals surface area contributed by atoms with E-state index in [0.29, 0.717) is 0 Å². The molecule has 0 unspecified atom stereocenters. The molecule has 1 N–H and O–H groups in total. The van der Waals surface area contributed by atoms with Gasteiger partial charge < -0.3 is 5.11 Å². The smallest absolute Gasteiger partial charge is 0.0811 e. The third kappa shape index (κ3) is 1.38. The van der Waals surface area contributed by atoms with Crippen molar-refractivity contribution in [2.45, 2.75) is 32.8 Å². The highest BCUT2D eigenvalue weighted by atomic mass is 16.3. The van der Waals surface area contributed by atoms with E-state index in [1.807, 2.05) is 19.1 Å². The Morgan fingerprint density at radius 1 is 1.73 bits per heavy atom. The van der Waals surface area contributed by atoms with Gasteiger partial charge in [0.05, 0.1) is 6.10 Å². The fraction of sp³-hybridized carbons (Fsp3) is 0.600. The van der Waals surface area contributed by atoms with Gasteiger partial charge in [0.15, 0.2) is 0 Å². The first-order chi connectivity index (χ1) is 5.07. The van der Waals surface area contributed by atoms with Crippen molar-refractivity contribution in [1.29, 1.82) is 0 Å². The lowest BCUT2D eigenvalue weighted by atomic mass is 9.72. The molecule has 0 saturated heterocycles. The van der Waals surface area contributed by atoms with Crippen LogP contribution in [-0.2, 0) is 0 Å². The molecule has 0 spiro atoms. The van der Waals surface area contributed by atoms with Gasteiger partial charge in [-0.2, -0.15) is 0 Å². The van der Waals surface area contributed by atoms with Crippen molar-refractivity contribution in [1.82, 2.24) is 0 Å². The largest absolute Gasteiger partial charge is 0.388 e. The van der Waals surface area contributed by atoms with E-state index in [0.717, 1.165) is 18.4 Å². The quantitative estimate of drug-likeness (QED) is 0.571. The van der Waals surface area contributed by atoms with Crippen molar-refractivity contribution >= 4 is 0 Å². The summed E-state index contributed by atoms with van der Waals surface area (Å²) in [6.07, 6.45) is 5.64. The first kappa shape index (κ1) is 8.54. The molecule has 1 nitrogen and oxygen atoms in total. The van der Waals surface area contributed by atoms with Crippen LogP contribution in [0.4, 0.5) is 0 Å². The Labute approximate surface area is 68.4 Å². The fourth-order valence-corrected chi connectivity index (χ4v) is 1.43. The van der Waals surface area contributed by atoms with Crippen LogP contribution in [0.1, 0.15) is 26.7 Å². The molecule has 1 heteroatoms.